The van der Waals surface area contributed by atoms with Gasteiger partial charge in [0, 0.05) is 11.8 Å². The Hall–Kier alpha value is -0.240. The highest BCUT2D eigenvalue weighted by atomic mass is 32.2. The lowest BCUT2D eigenvalue weighted by Gasteiger charge is -2.00. The maximum absolute atomic E-state index is 9.79. The second-order valence-corrected chi connectivity index (χ2v) is 4.00. The highest BCUT2D eigenvalue weighted by molar-refractivity contribution is 7.94. The van der Waals surface area contributed by atoms with E-state index in [1.807, 2.05) is 0 Å². The minimum atomic E-state index is 0.610. The van der Waals surface area contributed by atoms with Gasteiger partial charge in [-0.05, 0) is 18.5 Å². The van der Waals surface area contributed by atoms with E-state index in [9.17, 15) is 4.79 Å². The largest absolute Gasteiger partial charge is 0.315 e. The summed E-state index contributed by atoms with van der Waals surface area (Å²) in [5, 5.41) is 0. The lowest BCUT2D eigenvalue weighted by molar-refractivity contribution is 0.355. The van der Waals surface area contributed by atoms with Crippen molar-refractivity contribution in [3.05, 3.63) is 6.08 Å². The molecule has 0 saturated carbocycles. The Morgan fingerprint density at radius 2 is 1.93 bits per heavy atom. The lowest BCUT2D eigenvalue weighted by atomic mass is 10.1. The quantitative estimate of drug-likeness (QED) is 0.318. The molecule has 0 aromatic rings. The molecule has 0 aromatic heterocycles. The molecule has 0 aliphatic rings. The van der Waals surface area contributed by atoms with Gasteiger partial charge in [-0.2, -0.15) is 0 Å². The van der Waals surface area contributed by atoms with Gasteiger partial charge in [-0.25, -0.2) is 4.79 Å². The molecule has 0 radical (unpaired) electrons. The second kappa shape index (κ2) is 12.8. The van der Waals surface area contributed by atoms with Crippen molar-refractivity contribution in [3.8, 4) is 0 Å². The third-order valence-corrected chi connectivity index (χ3v) is 2.54. The van der Waals surface area contributed by atoms with Crippen LogP contribution in [0.4, 0.5) is 0 Å². The summed E-state index contributed by atoms with van der Waals surface area (Å²) in [5.74, 6) is 2.33. The fourth-order valence-corrected chi connectivity index (χ4v) is 1.58. The van der Waals surface area contributed by atoms with E-state index in [4.69, 9.17) is 4.18 Å². The molecule has 0 N–H and O–H groups in total. The molecular formula is C11H20O2S. The zero-order chi connectivity index (χ0) is 10.5. The summed E-state index contributed by atoms with van der Waals surface area (Å²) in [5.41, 5.74) is 0. The van der Waals surface area contributed by atoms with Crippen LogP contribution in [0, 0.1) is 0 Å². The molecule has 2 nitrogen and oxygen atoms in total. The van der Waals surface area contributed by atoms with Crippen LogP contribution in [0.3, 0.4) is 0 Å². The van der Waals surface area contributed by atoms with Gasteiger partial charge in [0.15, 0.2) is 0 Å². The Kier molecular flexibility index (Phi) is 12.5. The molecule has 0 spiro atoms. The van der Waals surface area contributed by atoms with Gasteiger partial charge >= 0.3 is 0 Å². The molecule has 0 atom stereocenters. The smallest absolute Gasteiger partial charge is 0.120 e. The number of unbranched alkanes of at least 4 members (excludes halogenated alkanes) is 5. The Morgan fingerprint density at radius 1 is 1.21 bits per heavy atom. The van der Waals surface area contributed by atoms with Crippen LogP contribution in [0.25, 0.3) is 0 Å². The van der Waals surface area contributed by atoms with Gasteiger partial charge in [-0.1, -0.05) is 39.0 Å². The minimum Gasteiger partial charge on any atom is -0.315 e. The Bertz CT molecular complexity index is 153. The molecule has 14 heavy (non-hydrogen) atoms. The van der Waals surface area contributed by atoms with E-state index in [0.717, 1.165) is 13.0 Å². The Balaban J connectivity index is 2.88. The van der Waals surface area contributed by atoms with Gasteiger partial charge in [0.25, 0.3) is 0 Å². The molecule has 0 heterocycles. The summed E-state index contributed by atoms with van der Waals surface area (Å²) in [4.78, 5) is 9.79. The summed E-state index contributed by atoms with van der Waals surface area (Å²) in [7, 11) is 0. The summed E-state index contributed by atoms with van der Waals surface area (Å²) in [6.07, 6.45) is 9.12. The van der Waals surface area contributed by atoms with Crippen molar-refractivity contribution >= 4 is 18.0 Å². The molecule has 0 bridgehead atoms. The van der Waals surface area contributed by atoms with E-state index < -0.39 is 0 Å². The van der Waals surface area contributed by atoms with Crippen LogP contribution in [0.15, 0.2) is 6.08 Å². The number of hydrogen-bond donors (Lipinski definition) is 0. The summed E-state index contributed by atoms with van der Waals surface area (Å²) in [6, 6.07) is 0. The van der Waals surface area contributed by atoms with E-state index in [0.29, 0.717) is 5.75 Å². The molecule has 0 aromatic carbocycles. The van der Waals surface area contributed by atoms with E-state index >= 15 is 0 Å². The fourth-order valence-electron chi connectivity index (χ4n) is 1.12. The zero-order valence-electron chi connectivity index (χ0n) is 8.96. The van der Waals surface area contributed by atoms with Crippen LogP contribution < -0.4 is 0 Å². The van der Waals surface area contributed by atoms with Crippen LogP contribution in [0.5, 0.6) is 0 Å². The highest BCUT2D eigenvalue weighted by Gasteiger charge is 1.90. The highest BCUT2D eigenvalue weighted by Crippen LogP contribution is 2.07. The Morgan fingerprint density at radius 3 is 2.64 bits per heavy atom. The van der Waals surface area contributed by atoms with Crippen LogP contribution >= 0.6 is 12.0 Å². The summed E-state index contributed by atoms with van der Waals surface area (Å²) in [6.45, 7) is 3.02. The molecule has 0 aliphatic carbocycles. The normalized spacial score (nSPS) is 9.79. The maximum atomic E-state index is 9.79. The van der Waals surface area contributed by atoms with Crippen LogP contribution in [-0.2, 0) is 8.98 Å². The van der Waals surface area contributed by atoms with E-state index in [2.05, 4.69) is 6.92 Å². The third kappa shape index (κ3) is 11.8. The van der Waals surface area contributed by atoms with Gasteiger partial charge < -0.3 is 4.18 Å². The van der Waals surface area contributed by atoms with Crippen molar-refractivity contribution in [1.29, 1.82) is 0 Å². The molecule has 82 valence electrons. The van der Waals surface area contributed by atoms with Crippen LogP contribution in [0.1, 0.15) is 45.4 Å². The van der Waals surface area contributed by atoms with Crippen LogP contribution in [0.2, 0.25) is 0 Å². The third-order valence-electron chi connectivity index (χ3n) is 1.90. The first-order chi connectivity index (χ1) is 6.91. The molecule has 0 amide bonds. The standard InChI is InChI=1S/C11H20O2S/c1-2-3-4-5-6-7-10-13-14-11-8-9-12/h8H,2-7,10-11H2,1H3. The van der Waals surface area contributed by atoms with Crippen molar-refractivity contribution in [1.82, 2.24) is 0 Å². The molecule has 0 unspecified atom stereocenters. The minimum absolute atomic E-state index is 0.610. The Labute approximate surface area is 91.3 Å². The van der Waals surface area contributed by atoms with Crippen LogP contribution in [-0.4, -0.2) is 18.3 Å². The summed E-state index contributed by atoms with van der Waals surface area (Å²) >= 11 is 1.33. The van der Waals surface area contributed by atoms with E-state index in [1.165, 1.54) is 50.2 Å². The molecule has 0 rings (SSSR count). The average molecular weight is 216 g/mol. The number of rotatable bonds is 10. The molecular weight excluding hydrogens is 196 g/mol. The predicted octanol–water partition coefficient (Wildman–Crippen LogP) is 3.40. The average Bonchev–Trinajstić information content (AvgIpc) is 2.21. The topological polar surface area (TPSA) is 26.3 Å². The first kappa shape index (κ1) is 13.8. The fraction of sp³-hybridized carbons (Fsp3) is 0.818. The molecule has 0 aliphatic heterocycles. The van der Waals surface area contributed by atoms with Gasteiger partial charge in [0.2, 0.25) is 0 Å². The van der Waals surface area contributed by atoms with Gasteiger partial charge in [-0.15, -0.1) is 0 Å². The van der Waals surface area contributed by atoms with Crippen molar-refractivity contribution in [2.45, 2.75) is 45.4 Å². The zero-order valence-corrected chi connectivity index (χ0v) is 9.78. The molecule has 0 fully saturated rings. The SMILES string of the molecule is CCCCCCCCOSCC=C=O. The van der Waals surface area contributed by atoms with Crippen molar-refractivity contribution in [2.75, 3.05) is 12.4 Å². The lowest BCUT2D eigenvalue weighted by Crippen LogP contribution is -1.88. The van der Waals surface area contributed by atoms with Crippen molar-refractivity contribution < 1.29 is 8.98 Å². The molecule has 3 heteroatoms. The first-order valence-electron chi connectivity index (χ1n) is 5.35. The van der Waals surface area contributed by atoms with Gasteiger partial charge in [-0.3, -0.25) is 0 Å². The number of carbonyl (C=O) groups excluding carboxylic acids is 1. The summed E-state index contributed by atoms with van der Waals surface area (Å²) < 4.78 is 5.25. The van der Waals surface area contributed by atoms with Crippen molar-refractivity contribution in [2.24, 2.45) is 0 Å². The van der Waals surface area contributed by atoms with E-state index in [1.54, 1.807) is 5.94 Å². The maximum Gasteiger partial charge on any atom is 0.120 e. The first-order valence-corrected chi connectivity index (χ1v) is 6.26. The van der Waals surface area contributed by atoms with Gasteiger partial charge in [0.05, 0.1) is 6.61 Å². The second-order valence-electron chi connectivity index (χ2n) is 3.20. The number of hydrogen-bond acceptors (Lipinski definition) is 3. The predicted molar refractivity (Wildman–Crippen MR) is 62.0 cm³/mol. The monoisotopic (exact) mass is 216 g/mol. The van der Waals surface area contributed by atoms with Crippen molar-refractivity contribution in [3.63, 3.8) is 0 Å². The van der Waals surface area contributed by atoms with E-state index in [-0.39, 0.29) is 0 Å². The molecule has 0 saturated heterocycles. The van der Waals surface area contributed by atoms with Gasteiger partial charge in [0.1, 0.15) is 5.94 Å².